The van der Waals surface area contributed by atoms with E-state index in [1.54, 1.807) is 0 Å². The average molecular weight is 814 g/mol. The van der Waals surface area contributed by atoms with Gasteiger partial charge in [0.1, 0.15) is 24.7 Å². The minimum Gasteiger partial charge on any atom is -0.490 e. The Balaban J connectivity index is 2.34. The van der Waals surface area contributed by atoms with E-state index in [1.165, 1.54) is 11.1 Å². The zero-order chi connectivity index (χ0) is 23.3. The van der Waals surface area contributed by atoms with Crippen molar-refractivity contribution in [2.45, 2.75) is 55.6 Å². The number of alkyl halides is 2. The largest absolute Gasteiger partial charge is 0.490 e. The molecule has 0 aliphatic heterocycles. The average Bonchev–Trinajstić information content (AvgIpc) is 2.71. The van der Waals surface area contributed by atoms with Crippen molar-refractivity contribution in [3.8, 4) is 11.5 Å². The van der Waals surface area contributed by atoms with E-state index in [4.69, 9.17) is 9.47 Å². The second-order valence-electron chi connectivity index (χ2n) is 7.80. The second-order valence-corrected chi connectivity index (χ2v) is 13.8. The van der Waals surface area contributed by atoms with Crippen molar-refractivity contribution in [2.24, 2.45) is 0 Å². The van der Waals surface area contributed by atoms with Crippen molar-refractivity contribution >= 4 is 95.6 Å². The molecule has 8 heteroatoms. The van der Waals surface area contributed by atoms with Gasteiger partial charge >= 0.3 is 0 Å². The van der Waals surface area contributed by atoms with Gasteiger partial charge < -0.3 is 9.47 Å². The van der Waals surface area contributed by atoms with Gasteiger partial charge in [-0.2, -0.15) is 0 Å². The SMILES string of the molecule is CCC(Br)COc1c(Br)cc(C(C)(C)c2cc(Br)c(OCC(Br)CC)c(Br)c2)cc1Br. The highest BCUT2D eigenvalue weighted by Crippen LogP contribution is 2.44. The van der Waals surface area contributed by atoms with Crippen molar-refractivity contribution < 1.29 is 9.47 Å². The number of benzene rings is 2. The summed E-state index contributed by atoms with van der Waals surface area (Å²) in [5.74, 6) is 1.65. The molecule has 0 aliphatic rings. The summed E-state index contributed by atoms with van der Waals surface area (Å²) in [6, 6.07) is 8.55. The molecule has 2 aromatic rings. The molecule has 0 amide bonds. The number of halogens is 6. The summed E-state index contributed by atoms with van der Waals surface area (Å²) in [6.45, 7) is 9.93. The molecule has 0 aliphatic carbocycles. The van der Waals surface area contributed by atoms with Crippen LogP contribution in [-0.4, -0.2) is 22.9 Å². The van der Waals surface area contributed by atoms with Gasteiger partial charge in [-0.05, 0) is 112 Å². The van der Waals surface area contributed by atoms with E-state index in [0.717, 1.165) is 42.2 Å². The first kappa shape index (κ1) is 28.2. The topological polar surface area (TPSA) is 18.5 Å². The molecular weight excluding hydrogens is 788 g/mol. The van der Waals surface area contributed by atoms with Gasteiger partial charge in [-0.25, -0.2) is 0 Å². The van der Waals surface area contributed by atoms with Crippen LogP contribution in [0.1, 0.15) is 51.7 Å². The fourth-order valence-corrected chi connectivity index (χ4v) is 5.96. The zero-order valence-corrected chi connectivity index (χ0v) is 27.4. The minimum atomic E-state index is -0.240. The smallest absolute Gasteiger partial charge is 0.147 e. The molecule has 31 heavy (non-hydrogen) atoms. The Morgan fingerprint density at radius 3 is 1.23 bits per heavy atom. The highest BCUT2D eigenvalue weighted by atomic mass is 79.9. The van der Waals surface area contributed by atoms with Crippen LogP contribution in [0.3, 0.4) is 0 Å². The van der Waals surface area contributed by atoms with Gasteiger partial charge in [-0.15, -0.1) is 0 Å². The number of ether oxygens (including phenoxy) is 2. The van der Waals surface area contributed by atoms with Crippen LogP contribution in [0, 0.1) is 0 Å². The maximum absolute atomic E-state index is 6.03. The lowest BCUT2D eigenvalue weighted by Crippen LogP contribution is -2.20. The van der Waals surface area contributed by atoms with Crippen LogP contribution in [0.5, 0.6) is 11.5 Å². The summed E-state index contributed by atoms with van der Waals surface area (Å²) in [6.07, 6.45) is 2.02. The third-order valence-electron chi connectivity index (χ3n) is 5.14. The highest BCUT2D eigenvalue weighted by Gasteiger charge is 2.27. The van der Waals surface area contributed by atoms with Crippen molar-refractivity contribution in [3.05, 3.63) is 53.3 Å². The second kappa shape index (κ2) is 12.6. The van der Waals surface area contributed by atoms with Crippen molar-refractivity contribution in [1.82, 2.24) is 0 Å². The molecule has 2 rings (SSSR count). The van der Waals surface area contributed by atoms with Crippen LogP contribution in [-0.2, 0) is 5.41 Å². The summed E-state index contributed by atoms with van der Waals surface area (Å²) < 4.78 is 15.8. The monoisotopic (exact) mass is 808 g/mol. The Bertz CT molecular complexity index is 782. The first-order chi connectivity index (χ1) is 14.5. The fourth-order valence-electron chi connectivity index (χ4n) is 2.87. The van der Waals surface area contributed by atoms with Crippen molar-refractivity contribution in [1.29, 1.82) is 0 Å². The molecule has 0 radical (unpaired) electrons. The molecule has 0 saturated heterocycles. The van der Waals surface area contributed by atoms with Gasteiger partial charge in [0.2, 0.25) is 0 Å². The van der Waals surface area contributed by atoms with Gasteiger partial charge in [-0.3, -0.25) is 0 Å². The van der Waals surface area contributed by atoms with Crippen LogP contribution < -0.4 is 9.47 Å². The lowest BCUT2D eigenvalue weighted by Gasteiger charge is -2.28. The minimum absolute atomic E-state index is 0.240. The van der Waals surface area contributed by atoms with Gasteiger partial charge in [0, 0.05) is 15.1 Å². The van der Waals surface area contributed by atoms with Crippen LogP contribution >= 0.6 is 95.6 Å². The molecule has 0 spiro atoms. The van der Waals surface area contributed by atoms with Gasteiger partial charge in [-0.1, -0.05) is 59.6 Å². The standard InChI is InChI=1S/C23H26Br6O2/c1-5-15(24)11-30-21-17(26)7-13(8-18(21)27)23(3,4)14-9-19(28)22(20(29)10-14)31-12-16(25)6-2/h7-10,15-16H,5-6,11-12H2,1-4H3. The van der Waals surface area contributed by atoms with Crippen LogP contribution in [0.2, 0.25) is 0 Å². The quantitative estimate of drug-likeness (QED) is 0.223. The van der Waals surface area contributed by atoms with Gasteiger partial charge in [0.25, 0.3) is 0 Å². The van der Waals surface area contributed by atoms with E-state index in [9.17, 15) is 0 Å². The molecule has 2 unspecified atom stereocenters. The van der Waals surface area contributed by atoms with E-state index in [2.05, 4.69) is 148 Å². The van der Waals surface area contributed by atoms with Gasteiger partial charge in [0.05, 0.1) is 17.9 Å². The maximum atomic E-state index is 6.03. The Kier molecular flexibility index (Phi) is 11.4. The Hall–Kier alpha value is 0.920. The van der Waals surface area contributed by atoms with Crippen LogP contribution in [0.4, 0.5) is 0 Å². The molecule has 0 saturated carbocycles. The lowest BCUT2D eigenvalue weighted by atomic mass is 9.78. The molecule has 2 nitrogen and oxygen atoms in total. The Morgan fingerprint density at radius 2 is 0.968 bits per heavy atom. The fraction of sp³-hybridized carbons (Fsp3) is 0.478. The Morgan fingerprint density at radius 1 is 0.677 bits per heavy atom. The molecule has 0 N–H and O–H groups in total. The zero-order valence-electron chi connectivity index (χ0n) is 17.9. The third kappa shape index (κ3) is 7.45. The molecule has 2 aromatic carbocycles. The van der Waals surface area contributed by atoms with Crippen LogP contribution in [0.15, 0.2) is 42.2 Å². The highest BCUT2D eigenvalue weighted by molar-refractivity contribution is 9.11. The number of rotatable bonds is 10. The summed E-state index contributed by atoms with van der Waals surface area (Å²) in [5.41, 5.74) is 2.10. The van der Waals surface area contributed by atoms with E-state index < -0.39 is 0 Å². The lowest BCUT2D eigenvalue weighted by molar-refractivity contribution is 0.312. The molecule has 0 aromatic heterocycles. The molecule has 0 fully saturated rings. The van der Waals surface area contributed by atoms with E-state index in [1.807, 2.05) is 0 Å². The number of hydrogen-bond donors (Lipinski definition) is 0. The van der Waals surface area contributed by atoms with Crippen molar-refractivity contribution in [3.63, 3.8) is 0 Å². The summed E-state index contributed by atoms with van der Waals surface area (Å²) in [7, 11) is 0. The molecular formula is C23H26Br6O2. The molecule has 0 bridgehead atoms. The molecule has 0 heterocycles. The third-order valence-corrected chi connectivity index (χ3v) is 9.32. The van der Waals surface area contributed by atoms with E-state index in [-0.39, 0.29) is 5.41 Å². The van der Waals surface area contributed by atoms with Gasteiger partial charge in [0.15, 0.2) is 0 Å². The van der Waals surface area contributed by atoms with Crippen molar-refractivity contribution in [2.75, 3.05) is 13.2 Å². The molecule has 172 valence electrons. The van der Waals surface area contributed by atoms with E-state index in [0.29, 0.717) is 22.9 Å². The summed E-state index contributed by atoms with van der Waals surface area (Å²) >= 11 is 22.1. The predicted octanol–water partition coefficient (Wildman–Crippen LogP) is 10.2. The normalized spacial score (nSPS) is 13.7. The summed E-state index contributed by atoms with van der Waals surface area (Å²) in [5, 5.41) is 0. The Labute approximate surface area is 236 Å². The van der Waals surface area contributed by atoms with Crippen LogP contribution in [0.25, 0.3) is 0 Å². The summed E-state index contributed by atoms with van der Waals surface area (Å²) in [4.78, 5) is 0.657. The maximum Gasteiger partial charge on any atom is 0.147 e. The predicted molar refractivity (Wildman–Crippen MR) is 153 cm³/mol. The van der Waals surface area contributed by atoms with E-state index >= 15 is 0 Å². The number of hydrogen-bond acceptors (Lipinski definition) is 2. The first-order valence-corrected chi connectivity index (χ1v) is 15.0. The first-order valence-electron chi connectivity index (χ1n) is 10.0. The molecule has 2 atom stereocenters.